The van der Waals surface area contributed by atoms with E-state index >= 15 is 0 Å². The molecule has 0 fully saturated rings. The van der Waals surface area contributed by atoms with E-state index in [1.807, 2.05) is 19.3 Å². The van der Waals surface area contributed by atoms with Gasteiger partial charge in [0.25, 0.3) is 0 Å². The first kappa shape index (κ1) is 19.0. The Morgan fingerprint density at radius 2 is 1.76 bits per heavy atom. The quantitative estimate of drug-likeness (QED) is 0.440. The number of hydrogen-bond acceptors (Lipinski definition) is 2. The van der Waals surface area contributed by atoms with Crippen LogP contribution in [0.25, 0.3) is 0 Å². The summed E-state index contributed by atoms with van der Waals surface area (Å²) in [7, 11) is 1.81. The van der Waals surface area contributed by atoms with Crippen molar-refractivity contribution in [3.05, 3.63) is 65.5 Å². The molecule has 1 aromatic heterocycles. The van der Waals surface area contributed by atoms with Crippen LogP contribution in [0.2, 0.25) is 0 Å². The summed E-state index contributed by atoms with van der Waals surface area (Å²) in [5.74, 6) is 1.45. The monoisotopic (exact) mass is 338 g/mol. The van der Waals surface area contributed by atoms with Gasteiger partial charge in [-0.1, -0.05) is 44.2 Å². The molecule has 4 nitrogen and oxygen atoms in total. The molecule has 0 unspecified atom stereocenters. The van der Waals surface area contributed by atoms with Gasteiger partial charge in [0.2, 0.25) is 0 Å². The maximum absolute atomic E-state index is 4.27. The largest absolute Gasteiger partial charge is 0.356 e. The van der Waals surface area contributed by atoms with Gasteiger partial charge in [0.15, 0.2) is 5.96 Å². The number of rotatable bonds is 8. The summed E-state index contributed by atoms with van der Waals surface area (Å²) in [5.41, 5.74) is 4.03. The highest BCUT2D eigenvalue weighted by Crippen LogP contribution is 2.15. The Balaban J connectivity index is 1.63. The molecule has 2 aromatic rings. The molecule has 0 atom stereocenters. The van der Waals surface area contributed by atoms with Crippen molar-refractivity contribution in [1.82, 2.24) is 15.6 Å². The van der Waals surface area contributed by atoms with Gasteiger partial charge in [-0.15, -0.1) is 0 Å². The SMILES string of the molecule is CN=C(NCCCc1ccc(C(C)C)cc1)NCCc1cccnc1. The first-order valence-electron chi connectivity index (χ1n) is 9.11. The average Bonchev–Trinajstić information content (AvgIpc) is 2.65. The predicted molar refractivity (Wildman–Crippen MR) is 106 cm³/mol. The minimum atomic E-state index is 0.594. The van der Waals surface area contributed by atoms with Crippen LogP contribution in [0, 0.1) is 0 Å². The fraction of sp³-hybridized carbons (Fsp3) is 0.429. The number of guanidine groups is 1. The molecule has 0 aliphatic carbocycles. The smallest absolute Gasteiger partial charge is 0.190 e. The van der Waals surface area contributed by atoms with Crippen LogP contribution in [0.4, 0.5) is 0 Å². The van der Waals surface area contributed by atoms with Gasteiger partial charge in [-0.05, 0) is 47.9 Å². The first-order chi connectivity index (χ1) is 12.2. The summed E-state index contributed by atoms with van der Waals surface area (Å²) < 4.78 is 0. The lowest BCUT2D eigenvalue weighted by molar-refractivity contribution is 0.738. The van der Waals surface area contributed by atoms with Crippen molar-refractivity contribution in [3.63, 3.8) is 0 Å². The van der Waals surface area contributed by atoms with Crippen molar-refractivity contribution in [2.45, 2.75) is 39.0 Å². The molecule has 1 aromatic carbocycles. The van der Waals surface area contributed by atoms with Crippen LogP contribution in [0.1, 0.15) is 42.9 Å². The summed E-state index contributed by atoms with van der Waals surface area (Å²) in [6.07, 6.45) is 6.81. The second-order valence-electron chi connectivity index (χ2n) is 6.54. The van der Waals surface area contributed by atoms with Crippen molar-refractivity contribution < 1.29 is 0 Å². The molecular weight excluding hydrogens is 308 g/mol. The number of aliphatic imine (C=N–C) groups is 1. The molecule has 0 aliphatic rings. The van der Waals surface area contributed by atoms with Crippen LogP contribution in [-0.2, 0) is 12.8 Å². The molecule has 0 aliphatic heterocycles. The number of pyridine rings is 1. The molecule has 0 amide bonds. The van der Waals surface area contributed by atoms with Crippen molar-refractivity contribution in [2.24, 2.45) is 4.99 Å². The van der Waals surface area contributed by atoms with Gasteiger partial charge in [0.05, 0.1) is 0 Å². The molecular formula is C21H30N4. The zero-order valence-electron chi connectivity index (χ0n) is 15.6. The number of aromatic nitrogens is 1. The molecule has 0 spiro atoms. The highest BCUT2D eigenvalue weighted by atomic mass is 15.2. The van der Waals surface area contributed by atoms with E-state index in [9.17, 15) is 0 Å². The molecule has 1 heterocycles. The third kappa shape index (κ3) is 6.96. The number of nitrogens with one attached hydrogen (secondary N) is 2. The molecule has 0 saturated carbocycles. The Morgan fingerprint density at radius 1 is 1.00 bits per heavy atom. The van der Waals surface area contributed by atoms with Crippen molar-refractivity contribution >= 4 is 5.96 Å². The fourth-order valence-corrected chi connectivity index (χ4v) is 2.66. The van der Waals surface area contributed by atoms with Gasteiger partial charge in [0.1, 0.15) is 0 Å². The summed E-state index contributed by atoms with van der Waals surface area (Å²) in [4.78, 5) is 8.41. The number of nitrogens with zero attached hydrogens (tertiary/aromatic N) is 2. The van der Waals surface area contributed by atoms with Gasteiger partial charge in [-0.2, -0.15) is 0 Å². The predicted octanol–water partition coefficient (Wildman–Crippen LogP) is 3.55. The van der Waals surface area contributed by atoms with Crippen LogP contribution >= 0.6 is 0 Å². The van der Waals surface area contributed by atoms with E-state index in [0.717, 1.165) is 38.3 Å². The van der Waals surface area contributed by atoms with Gasteiger partial charge < -0.3 is 10.6 Å². The van der Waals surface area contributed by atoms with E-state index in [4.69, 9.17) is 0 Å². The third-order valence-electron chi connectivity index (χ3n) is 4.23. The molecule has 0 radical (unpaired) electrons. The van der Waals surface area contributed by atoms with E-state index < -0.39 is 0 Å². The fourth-order valence-electron chi connectivity index (χ4n) is 2.66. The first-order valence-corrected chi connectivity index (χ1v) is 9.11. The molecule has 0 saturated heterocycles. The Morgan fingerprint density at radius 3 is 2.40 bits per heavy atom. The number of aryl methyl sites for hydroxylation is 1. The highest BCUT2D eigenvalue weighted by Gasteiger charge is 2.00. The minimum Gasteiger partial charge on any atom is -0.356 e. The number of benzene rings is 1. The number of hydrogen-bond donors (Lipinski definition) is 2. The third-order valence-corrected chi connectivity index (χ3v) is 4.23. The molecule has 2 rings (SSSR count). The molecule has 0 bridgehead atoms. The van der Waals surface area contributed by atoms with Crippen molar-refractivity contribution in [2.75, 3.05) is 20.1 Å². The van der Waals surface area contributed by atoms with Crippen molar-refractivity contribution in [3.8, 4) is 0 Å². The molecule has 2 N–H and O–H groups in total. The Hall–Kier alpha value is -2.36. The second-order valence-corrected chi connectivity index (χ2v) is 6.54. The Labute approximate surface area is 151 Å². The standard InChI is InChI=1S/C21H30N4/c1-17(2)20-10-8-18(9-11-20)6-5-14-24-21(22-3)25-15-12-19-7-4-13-23-16-19/h4,7-11,13,16-17H,5-6,12,14-15H2,1-3H3,(H2,22,24,25). The van der Waals surface area contributed by atoms with E-state index in [2.05, 4.69) is 64.8 Å². The lowest BCUT2D eigenvalue weighted by atomic mass is 10.0. The van der Waals surface area contributed by atoms with E-state index in [1.165, 1.54) is 16.7 Å². The van der Waals surface area contributed by atoms with Crippen LogP contribution in [0.5, 0.6) is 0 Å². The van der Waals surface area contributed by atoms with Gasteiger partial charge in [0, 0.05) is 32.5 Å². The molecule has 25 heavy (non-hydrogen) atoms. The zero-order valence-corrected chi connectivity index (χ0v) is 15.6. The topological polar surface area (TPSA) is 49.3 Å². The Bertz CT molecular complexity index is 633. The lowest BCUT2D eigenvalue weighted by Gasteiger charge is -2.12. The summed E-state index contributed by atoms with van der Waals surface area (Å²) in [6, 6.07) is 13.0. The van der Waals surface area contributed by atoms with Crippen LogP contribution in [0.15, 0.2) is 53.8 Å². The van der Waals surface area contributed by atoms with E-state index in [-0.39, 0.29) is 0 Å². The molecule has 134 valence electrons. The van der Waals surface area contributed by atoms with Crippen LogP contribution in [-0.4, -0.2) is 31.1 Å². The summed E-state index contributed by atoms with van der Waals surface area (Å²) in [6.45, 7) is 6.22. The van der Waals surface area contributed by atoms with Crippen LogP contribution in [0.3, 0.4) is 0 Å². The highest BCUT2D eigenvalue weighted by molar-refractivity contribution is 5.79. The Kier molecular flexibility index (Phi) is 7.96. The van der Waals surface area contributed by atoms with E-state index in [1.54, 1.807) is 6.20 Å². The maximum Gasteiger partial charge on any atom is 0.190 e. The van der Waals surface area contributed by atoms with Gasteiger partial charge in [-0.25, -0.2) is 0 Å². The summed E-state index contributed by atoms with van der Waals surface area (Å²) >= 11 is 0. The second kappa shape index (κ2) is 10.5. The minimum absolute atomic E-state index is 0.594. The van der Waals surface area contributed by atoms with E-state index in [0.29, 0.717) is 5.92 Å². The van der Waals surface area contributed by atoms with Crippen molar-refractivity contribution in [1.29, 1.82) is 0 Å². The zero-order chi connectivity index (χ0) is 17.9. The van der Waals surface area contributed by atoms with Gasteiger partial charge >= 0.3 is 0 Å². The van der Waals surface area contributed by atoms with Gasteiger partial charge in [-0.3, -0.25) is 9.98 Å². The average molecular weight is 338 g/mol. The normalized spacial score (nSPS) is 11.6. The lowest BCUT2D eigenvalue weighted by Crippen LogP contribution is -2.38. The molecule has 4 heteroatoms. The maximum atomic E-state index is 4.27. The summed E-state index contributed by atoms with van der Waals surface area (Å²) in [5, 5.41) is 6.73. The van der Waals surface area contributed by atoms with Crippen LogP contribution < -0.4 is 10.6 Å².